The topological polar surface area (TPSA) is 0 Å². The molecule has 0 N–H and O–H groups in total. The Kier molecular flexibility index (Phi) is 54.1. The second kappa shape index (κ2) is 61.5. The van der Waals surface area contributed by atoms with Gasteiger partial charge in [-0.15, -0.1) is 0 Å². The summed E-state index contributed by atoms with van der Waals surface area (Å²) in [4.78, 5) is 0. The maximum atomic E-state index is 2.43. The van der Waals surface area contributed by atoms with Gasteiger partial charge < -0.3 is 0 Å². The van der Waals surface area contributed by atoms with Gasteiger partial charge in [-0.1, -0.05) is 445 Å². The Hall–Kier alpha value is -1.82. The lowest BCUT2D eigenvalue weighted by atomic mass is 9.71. The van der Waals surface area contributed by atoms with Gasteiger partial charge in [0.2, 0.25) is 0 Å². The highest BCUT2D eigenvalue weighted by atomic mass is 14.4. The zero-order chi connectivity index (χ0) is 64.0. The first-order valence-corrected chi connectivity index (χ1v) is 43.4. The molecule has 0 radical (unpaired) electrons. The van der Waals surface area contributed by atoms with E-state index < -0.39 is 0 Å². The Morgan fingerprint density at radius 3 is 0.543 bits per heavy atom. The fourth-order valence-corrected chi connectivity index (χ4v) is 17.6. The van der Waals surface area contributed by atoms with Crippen LogP contribution in [0, 0.1) is 47.3 Å². The van der Waals surface area contributed by atoms with Crippen LogP contribution in [0.25, 0.3) is 0 Å². The molecule has 0 nitrogen and oxygen atoms in total. The first-order chi connectivity index (χ1) is 45.9. The molecule has 13 fully saturated rings. The van der Waals surface area contributed by atoms with Gasteiger partial charge in [0.1, 0.15) is 0 Å². The van der Waals surface area contributed by atoms with Gasteiger partial charge in [0.05, 0.1) is 0 Å². The van der Waals surface area contributed by atoms with Crippen molar-refractivity contribution < 1.29 is 0 Å². The molecular weight excluding hydrogens is 1110 g/mol. The van der Waals surface area contributed by atoms with Gasteiger partial charge in [-0.05, 0) is 137 Å². The highest BCUT2D eigenvalue weighted by Crippen LogP contribution is 2.44. The number of fused-ring (bicyclic) bond motifs is 4. The quantitative estimate of drug-likeness (QED) is 0.168. The zero-order valence-corrected chi connectivity index (χ0v) is 62.2. The normalized spacial score (nSPS) is 30.1. The van der Waals surface area contributed by atoms with Crippen LogP contribution in [0.4, 0.5) is 0 Å². The first kappa shape index (κ1) is 80.9. The molecule has 0 amide bonds. The van der Waals surface area contributed by atoms with Crippen LogP contribution in [0.5, 0.6) is 0 Å². The van der Waals surface area contributed by atoms with Crippen molar-refractivity contribution in [2.45, 2.75) is 449 Å². The molecule has 92 heavy (non-hydrogen) atoms. The number of rotatable bonds is 0. The summed E-state index contributed by atoms with van der Waals surface area (Å²) in [6.07, 6.45) is 135. The molecule has 0 aromatic carbocycles. The van der Waals surface area contributed by atoms with Crippen LogP contribution in [0.2, 0.25) is 0 Å². The second-order valence-electron chi connectivity index (χ2n) is 32.3. The number of allylic oxidation sites excluding steroid dienone is 14. The third-order valence-electron chi connectivity index (χ3n) is 24.1. The Balaban J connectivity index is 0.000000181. The number of hydrogen-bond acceptors (Lipinski definition) is 0. The van der Waals surface area contributed by atoms with Crippen LogP contribution in [0.3, 0.4) is 0 Å². The van der Waals surface area contributed by atoms with Gasteiger partial charge in [-0.25, -0.2) is 0 Å². The minimum Gasteiger partial charge on any atom is -0.0885 e. The average molecular weight is 1270 g/mol. The third kappa shape index (κ3) is 46.4. The van der Waals surface area contributed by atoms with E-state index in [1.807, 2.05) is 0 Å². The molecule has 18 rings (SSSR count). The summed E-state index contributed by atoms with van der Waals surface area (Å²) < 4.78 is 0. The van der Waals surface area contributed by atoms with Crippen LogP contribution >= 0.6 is 0 Å². The summed E-state index contributed by atoms with van der Waals surface area (Å²) in [6, 6.07) is 0. The van der Waals surface area contributed by atoms with Gasteiger partial charge in [0.15, 0.2) is 0 Å². The molecule has 0 aromatic heterocycles. The first-order valence-electron chi connectivity index (χ1n) is 43.4. The van der Waals surface area contributed by atoms with Crippen molar-refractivity contribution in [2.24, 2.45) is 47.3 Å². The summed E-state index contributed by atoms with van der Waals surface area (Å²) in [5.41, 5.74) is 0. The fraction of sp³-hybridized carbons (Fsp3) is 0.848. The average Bonchev–Trinajstić information content (AvgIpc) is 2.87. The Morgan fingerprint density at radius 2 is 0.359 bits per heavy atom. The Morgan fingerprint density at radius 1 is 0.141 bits per heavy atom. The van der Waals surface area contributed by atoms with E-state index in [1.165, 1.54) is 383 Å². The van der Waals surface area contributed by atoms with Gasteiger partial charge in [0.25, 0.3) is 0 Å². The Labute approximate surface area is 578 Å². The van der Waals surface area contributed by atoms with Gasteiger partial charge in [-0.2, -0.15) is 0 Å². The SMILES string of the molecule is C1=CC2CCCCC2C1.C1=CCC=CC1.C1=CCCC1.C1=CCCC=C1.C1=CCCCC1.C1CC1.C1CC2CCCC2C1.C1CCC1.C1CCC2CCCC2C1.C1CCC2CCCCC2C1.C1CCCC1.C1CCCCC1.C1CCCCCC1.C1CCCCCCC1. The second-order valence-corrected chi connectivity index (χ2v) is 32.3. The van der Waals surface area contributed by atoms with E-state index in [1.54, 1.807) is 77.0 Å². The van der Waals surface area contributed by atoms with Crippen molar-refractivity contribution in [1.29, 1.82) is 0 Å². The van der Waals surface area contributed by atoms with Crippen molar-refractivity contribution in [3.63, 3.8) is 0 Å². The molecule has 18 aliphatic rings. The summed E-state index contributed by atoms with van der Waals surface area (Å²) in [6.45, 7) is 0. The molecule has 530 valence electrons. The van der Waals surface area contributed by atoms with E-state index >= 15 is 0 Å². The summed E-state index contributed by atoms with van der Waals surface area (Å²) in [5.74, 6) is 9.03. The van der Waals surface area contributed by atoms with Gasteiger partial charge >= 0.3 is 0 Å². The molecule has 0 heterocycles. The minimum absolute atomic E-state index is 0.985. The van der Waals surface area contributed by atoms with Crippen LogP contribution in [0.15, 0.2) is 85.1 Å². The summed E-state index contributed by atoms with van der Waals surface area (Å²) in [7, 11) is 0. The van der Waals surface area contributed by atoms with Gasteiger partial charge in [-0.3, -0.25) is 0 Å². The molecule has 0 spiro atoms. The molecule has 0 saturated heterocycles. The van der Waals surface area contributed by atoms with Crippen molar-refractivity contribution in [1.82, 2.24) is 0 Å². The van der Waals surface area contributed by atoms with Crippen molar-refractivity contribution in [3.05, 3.63) is 85.1 Å². The standard InChI is InChI=1S/C10H18.C9H16.C9H14.C8H14.C8H16.C7H14.C6H12.C6H10.2C6H8.C5H10.C5H8.C4H8.C3H6/c1-2-6-10-8-4-3-7-9(10)5-1;2*1-2-5-9-7-3-6-8(9)4-1;1-3-7-5-2-6-8(7)4-1;1-2-4-6-8-7-5-3-1;1-2-4-6-7-5-3-1;4*1-2-4-6-5-3-1;2*1-2-4-5-3-1;1-2-4-3-1;1-2-3-1/h9-10H,1-8H2;8-9H,1-7H2;3,6,8-9H,1-2,4-5,7H2;7-8H,1-6H2;1-8H2;1-7H2;1-6H2;1-2H,3-6H2;1-2,5-6H,3-4H2;1-4H,5-6H2;1-5H2;1-2H,3-5H2;1-4H2;1-3H2. The van der Waals surface area contributed by atoms with Crippen molar-refractivity contribution in [2.75, 3.05) is 0 Å². The lowest BCUT2D eigenvalue weighted by Gasteiger charge is -2.35. The Bertz CT molecular complexity index is 1590. The highest BCUT2D eigenvalue weighted by molar-refractivity contribution is 5.07. The molecule has 0 bridgehead atoms. The maximum Gasteiger partial charge on any atom is -0.0169 e. The third-order valence-corrected chi connectivity index (χ3v) is 24.1. The highest BCUT2D eigenvalue weighted by Gasteiger charge is 2.31. The van der Waals surface area contributed by atoms with E-state index in [0.717, 1.165) is 36.5 Å². The van der Waals surface area contributed by atoms with E-state index in [9.17, 15) is 0 Å². The monoisotopic (exact) mass is 1270 g/mol. The predicted molar refractivity (Wildman–Crippen MR) is 415 cm³/mol. The molecule has 0 aromatic rings. The van der Waals surface area contributed by atoms with E-state index in [-0.39, 0.29) is 0 Å². The largest absolute Gasteiger partial charge is 0.0885 e. The van der Waals surface area contributed by atoms with Crippen LogP contribution in [-0.2, 0) is 0 Å². The smallest absolute Gasteiger partial charge is 0.0169 e. The van der Waals surface area contributed by atoms with Crippen molar-refractivity contribution >= 4 is 0 Å². The lowest BCUT2D eigenvalue weighted by molar-refractivity contribution is 0.171. The number of hydrogen-bond donors (Lipinski definition) is 0. The zero-order valence-electron chi connectivity index (χ0n) is 62.2. The molecule has 0 aliphatic heterocycles. The minimum atomic E-state index is 0.985. The molecule has 18 aliphatic carbocycles. The molecule has 13 saturated carbocycles. The summed E-state index contributed by atoms with van der Waals surface area (Å²) in [5, 5.41) is 0. The predicted octanol–water partition coefficient (Wildman–Crippen LogP) is 32.2. The molecule has 4 atom stereocenters. The lowest BCUT2D eigenvalue weighted by Crippen LogP contribution is -2.22. The molecule has 0 heteroatoms. The maximum absolute atomic E-state index is 2.43. The van der Waals surface area contributed by atoms with Crippen LogP contribution in [0.1, 0.15) is 449 Å². The molecular formula is C92H162. The van der Waals surface area contributed by atoms with E-state index in [4.69, 9.17) is 0 Å². The van der Waals surface area contributed by atoms with Crippen molar-refractivity contribution in [3.8, 4) is 0 Å². The van der Waals surface area contributed by atoms with Gasteiger partial charge in [0, 0.05) is 0 Å². The van der Waals surface area contributed by atoms with Crippen LogP contribution < -0.4 is 0 Å². The molecule has 4 unspecified atom stereocenters. The van der Waals surface area contributed by atoms with Crippen LogP contribution in [-0.4, -0.2) is 0 Å². The van der Waals surface area contributed by atoms with E-state index in [0.29, 0.717) is 0 Å². The summed E-state index contributed by atoms with van der Waals surface area (Å²) >= 11 is 0. The van der Waals surface area contributed by atoms with E-state index in [2.05, 4.69) is 85.1 Å². The fourth-order valence-electron chi connectivity index (χ4n) is 17.6.